The number of oxazole rings is 1. The van der Waals surface area contributed by atoms with Crippen molar-refractivity contribution in [3.05, 3.63) is 59.8 Å². The van der Waals surface area contributed by atoms with Crippen molar-refractivity contribution in [3.63, 3.8) is 0 Å². The number of nitrogens with one attached hydrogen (secondary N) is 1. The topological polar surface area (TPSA) is 115 Å². The molecule has 0 unspecified atom stereocenters. The fourth-order valence-electron chi connectivity index (χ4n) is 2.52. The van der Waals surface area contributed by atoms with Crippen LogP contribution in [0.15, 0.2) is 46.9 Å². The predicted octanol–water partition coefficient (Wildman–Crippen LogP) is 2.56. The van der Waals surface area contributed by atoms with Crippen molar-refractivity contribution in [3.8, 4) is 11.5 Å². The maximum atomic E-state index is 14.0. The Kier molecular flexibility index (Phi) is 5.36. The minimum atomic E-state index is -2.76. The number of nitrogens with zero attached hydrogens (tertiary/aromatic N) is 2. The lowest BCUT2D eigenvalue weighted by Gasteiger charge is -2.21. The van der Waals surface area contributed by atoms with Gasteiger partial charge in [0.2, 0.25) is 11.8 Å². The molecule has 3 aromatic rings. The molecule has 1 amide bonds. The number of amides is 1. The van der Waals surface area contributed by atoms with Gasteiger partial charge in [-0.2, -0.15) is 12.3 Å². The highest BCUT2D eigenvalue weighted by Gasteiger charge is 2.24. The van der Waals surface area contributed by atoms with Crippen LogP contribution in [0.5, 0.6) is 0 Å². The smallest absolute Gasteiger partial charge is 0.291 e. The van der Waals surface area contributed by atoms with E-state index in [0.717, 1.165) is 12.1 Å². The molecule has 3 rings (SSSR count). The number of carbonyl (C=O) groups excluding carboxylic acids is 1. The fourth-order valence-corrected chi connectivity index (χ4v) is 2.84. The molecule has 0 atom stereocenters. The first-order valence-corrected chi connectivity index (χ1v) is 9.36. The molecule has 8 nitrogen and oxygen atoms in total. The first-order chi connectivity index (χ1) is 13.6. The molecule has 2 aromatic carbocycles. The third kappa shape index (κ3) is 3.96. The van der Waals surface area contributed by atoms with E-state index in [0.29, 0.717) is 11.4 Å². The SMILES string of the molecule is C[N+](C)(c1ccc(Nc2oc(-c3c(F)cccc3F)nc2C(N)=O)cc1)[SH](=O)=O. The monoisotopic (exact) mass is 423 g/mol. The Hall–Kier alpha value is -3.31. The van der Waals surface area contributed by atoms with Gasteiger partial charge in [0.15, 0.2) is 5.69 Å². The fraction of sp³-hybridized carbons (Fsp3) is 0.111. The molecule has 0 saturated heterocycles. The third-order valence-corrected chi connectivity index (χ3v) is 5.25. The number of carbonyl (C=O) groups is 1. The first-order valence-electron chi connectivity index (χ1n) is 8.22. The third-order valence-electron chi connectivity index (χ3n) is 4.20. The first kappa shape index (κ1) is 20.4. The zero-order valence-electron chi connectivity index (χ0n) is 15.3. The van der Waals surface area contributed by atoms with Crippen LogP contribution in [-0.2, 0) is 10.9 Å². The molecule has 152 valence electrons. The van der Waals surface area contributed by atoms with Crippen LogP contribution in [0.4, 0.5) is 26.0 Å². The minimum Gasteiger partial charge on any atom is -0.419 e. The maximum absolute atomic E-state index is 14.0. The van der Waals surface area contributed by atoms with Crippen LogP contribution in [0, 0.1) is 11.6 Å². The van der Waals surface area contributed by atoms with E-state index in [1.54, 1.807) is 24.3 Å². The van der Waals surface area contributed by atoms with Crippen molar-refractivity contribution in [2.75, 3.05) is 19.4 Å². The van der Waals surface area contributed by atoms with Crippen molar-refractivity contribution in [2.24, 2.45) is 5.73 Å². The summed E-state index contributed by atoms with van der Waals surface area (Å²) < 4.78 is 55.7. The lowest BCUT2D eigenvalue weighted by molar-refractivity contribution is 0.0996. The predicted molar refractivity (Wildman–Crippen MR) is 104 cm³/mol. The number of benzene rings is 2. The van der Waals surface area contributed by atoms with Crippen LogP contribution in [0.3, 0.4) is 0 Å². The molecule has 0 aliphatic carbocycles. The van der Waals surface area contributed by atoms with E-state index in [9.17, 15) is 22.0 Å². The molecular weight excluding hydrogens is 406 g/mol. The van der Waals surface area contributed by atoms with Crippen molar-refractivity contribution >= 4 is 34.1 Å². The van der Waals surface area contributed by atoms with Gasteiger partial charge < -0.3 is 15.5 Å². The summed E-state index contributed by atoms with van der Waals surface area (Å²) in [4.78, 5) is 15.5. The summed E-state index contributed by atoms with van der Waals surface area (Å²) in [5.41, 5.74) is 5.32. The van der Waals surface area contributed by atoms with Gasteiger partial charge in [-0.1, -0.05) is 6.07 Å². The second kappa shape index (κ2) is 7.60. The second-order valence-electron chi connectivity index (χ2n) is 6.46. The van der Waals surface area contributed by atoms with Crippen LogP contribution >= 0.6 is 0 Å². The van der Waals surface area contributed by atoms with E-state index in [4.69, 9.17) is 10.2 Å². The molecule has 0 fully saturated rings. The van der Waals surface area contributed by atoms with Gasteiger partial charge in [-0.15, -0.1) is 0 Å². The van der Waals surface area contributed by atoms with E-state index >= 15 is 0 Å². The zero-order chi connectivity index (χ0) is 21.3. The van der Waals surface area contributed by atoms with Crippen molar-refractivity contribution in [1.82, 2.24) is 8.87 Å². The summed E-state index contributed by atoms with van der Waals surface area (Å²) in [5.74, 6) is -3.44. The Morgan fingerprint density at radius 2 is 1.69 bits per heavy atom. The number of halogens is 2. The van der Waals surface area contributed by atoms with Gasteiger partial charge in [0, 0.05) is 17.8 Å². The Labute approximate surface area is 166 Å². The highest BCUT2D eigenvalue weighted by atomic mass is 32.2. The minimum absolute atomic E-state index is 0.202. The summed E-state index contributed by atoms with van der Waals surface area (Å²) in [6.45, 7) is 0. The van der Waals surface area contributed by atoms with Crippen molar-refractivity contribution in [1.29, 1.82) is 0 Å². The second-order valence-corrected chi connectivity index (χ2v) is 7.94. The molecule has 0 bridgehead atoms. The molecule has 29 heavy (non-hydrogen) atoms. The molecule has 0 aliphatic rings. The number of primary amides is 1. The van der Waals surface area contributed by atoms with E-state index in [1.165, 1.54) is 20.2 Å². The molecule has 11 heteroatoms. The Morgan fingerprint density at radius 3 is 2.21 bits per heavy atom. The van der Waals surface area contributed by atoms with Gasteiger partial charge in [-0.05, 0) is 24.3 Å². The summed E-state index contributed by atoms with van der Waals surface area (Å²) in [5, 5.41) is 2.76. The van der Waals surface area contributed by atoms with Crippen molar-refractivity contribution in [2.45, 2.75) is 0 Å². The Bertz CT molecular complexity index is 1130. The largest absolute Gasteiger partial charge is 0.419 e. The highest BCUT2D eigenvalue weighted by Crippen LogP contribution is 2.32. The van der Waals surface area contributed by atoms with Gasteiger partial charge >= 0.3 is 0 Å². The Morgan fingerprint density at radius 1 is 1.10 bits per heavy atom. The summed E-state index contributed by atoms with van der Waals surface area (Å²) in [6, 6.07) is 9.45. The number of quaternary nitrogens is 1. The summed E-state index contributed by atoms with van der Waals surface area (Å²) in [7, 11) is 0.246. The number of thiol groups is 1. The van der Waals surface area contributed by atoms with Crippen LogP contribution in [0.2, 0.25) is 0 Å². The normalized spacial score (nSPS) is 11.6. The molecular formula is C18H17F2N4O4S+. The van der Waals surface area contributed by atoms with E-state index in [1.807, 2.05) is 0 Å². The molecule has 0 saturated carbocycles. The highest BCUT2D eigenvalue weighted by molar-refractivity contribution is 7.71. The lowest BCUT2D eigenvalue weighted by Crippen LogP contribution is -2.38. The average molecular weight is 423 g/mol. The molecule has 0 radical (unpaired) electrons. The number of hydrogen-bond donors (Lipinski definition) is 3. The van der Waals surface area contributed by atoms with Crippen LogP contribution in [0.1, 0.15) is 10.5 Å². The molecule has 0 spiro atoms. The van der Waals surface area contributed by atoms with Gasteiger partial charge in [-0.25, -0.2) is 13.8 Å². The zero-order valence-corrected chi connectivity index (χ0v) is 16.2. The van der Waals surface area contributed by atoms with Crippen molar-refractivity contribution < 1.29 is 26.4 Å². The van der Waals surface area contributed by atoms with Crippen LogP contribution in [0.25, 0.3) is 11.5 Å². The lowest BCUT2D eigenvalue weighted by atomic mass is 10.2. The number of aromatic nitrogens is 1. The number of hydrogen-bond acceptors (Lipinski definition) is 6. The Balaban J connectivity index is 1.97. The molecule has 1 aromatic heterocycles. The standard InChI is InChI=1S/C18H16F2N4O4S/c1-24(2,29(26)27)11-8-6-10(7-9-11)22-18-15(16(21)25)23-17(28-18)14-12(19)4-3-5-13(14)20/h3-9,29H,1-2H3,(H2-,21,22,25)/p+1. The van der Waals surface area contributed by atoms with E-state index in [2.05, 4.69) is 10.3 Å². The van der Waals surface area contributed by atoms with Gasteiger partial charge in [0.1, 0.15) is 22.9 Å². The van der Waals surface area contributed by atoms with Crippen LogP contribution < -0.4 is 14.9 Å². The number of rotatable bonds is 6. The van der Waals surface area contributed by atoms with Gasteiger partial charge in [0.05, 0.1) is 14.1 Å². The molecule has 0 aliphatic heterocycles. The van der Waals surface area contributed by atoms with Gasteiger partial charge in [0.25, 0.3) is 16.8 Å². The number of nitrogens with two attached hydrogens (primary N) is 1. The summed E-state index contributed by atoms with van der Waals surface area (Å²) in [6.07, 6.45) is 0. The van der Waals surface area contributed by atoms with Crippen LogP contribution in [-0.4, -0.2) is 33.4 Å². The molecule has 1 heterocycles. The maximum Gasteiger partial charge on any atom is 0.291 e. The van der Waals surface area contributed by atoms with Gasteiger partial charge in [-0.3, -0.25) is 4.79 Å². The quantitative estimate of drug-likeness (QED) is 0.415. The van der Waals surface area contributed by atoms with E-state index in [-0.39, 0.29) is 15.5 Å². The summed E-state index contributed by atoms with van der Waals surface area (Å²) >= 11 is 0. The van der Waals surface area contributed by atoms with E-state index < -0.39 is 39.9 Å². The number of anilines is 2. The average Bonchev–Trinajstić information content (AvgIpc) is 3.05. The molecule has 3 N–H and O–H groups in total.